The molecular weight excluding hydrogens is 492 g/mol. The molecule has 1 aliphatic heterocycles. The van der Waals surface area contributed by atoms with Crippen LogP contribution in [0, 0.1) is 23.1 Å². The van der Waals surface area contributed by atoms with Crippen LogP contribution in [0.15, 0.2) is 79.4 Å². The van der Waals surface area contributed by atoms with Gasteiger partial charge in [0.2, 0.25) is 0 Å². The van der Waals surface area contributed by atoms with Crippen LogP contribution in [0.4, 0.5) is 8.78 Å². The van der Waals surface area contributed by atoms with E-state index in [-0.39, 0.29) is 12.0 Å². The fourth-order valence-electron chi connectivity index (χ4n) is 5.52. The number of benzene rings is 3. The summed E-state index contributed by atoms with van der Waals surface area (Å²) in [6.07, 6.45) is 2.98. The molecular formula is C29H26ClF2N5. The molecule has 0 unspecified atom stereocenters. The topological polar surface area (TPSA) is 57.7 Å². The van der Waals surface area contributed by atoms with Gasteiger partial charge in [-0.15, -0.1) is 10.2 Å². The van der Waals surface area contributed by atoms with Gasteiger partial charge in [-0.3, -0.25) is 9.47 Å². The summed E-state index contributed by atoms with van der Waals surface area (Å²) in [5.41, 5.74) is 2.00. The van der Waals surface area contributed by atoms with Crippen LogP contribution in [-0.2, 0) is 0 Å². The summed E-state index contributed by atoms with van der Waals surface area (Å²) in [5.74, 6) is -1.03. The van der Waals surface area contributed by atoms with E-state index in [1.54, 1.807) is 24.5 Å². The Morgan fingerprint density at radius 1 is 1.00 bits per heavy atom. The van der Waals surface area contributed by atoms with E-state index in [9.17, 15) is 9.65 Å². The Morgan fingerprint density at radius 2 is 1.73 bits per heavy atom. The van der Waals surface area contributed by atoms with Crippen LogP contribution in [0.1, 0.15) is 48.1 Å². The molecule has 0 amide bonds. The van der Waals surface area contributed by atoms with E-state index in [1.807, 2.05) is 48.5 Å². The monoisotopic (exact) mass is 517 g/mol. The van der Waals surface area contributed by atoms with E-state index in [0.717, 1.165) is 11.1 Å². The van der Waals surface area contributed by atoms with Crippen molar-refractivity contribution in [3.63, 3.8) is 0 Å². The number of nitriles is 1. The molecule has 0 radical (unpaired) electrons. The zero-order chi connectivity index (χ0) is 26.2. The highest BCUT2D eigenvalue weighted by molar-refractivity contribution is 6.31. The Bertz CT molecular complexity index is 1440. The van der Waals surface area contributed by atoms with Gasteiger partial charge in [-0.1, -0.05) is 41.9 Å². The first-order valence-electron chi connectivity index (χ1n) is 12.1. The van der Waals surface area contributed by atoms with Crippen LogP contribution in [0.5, 0.6) is 0 Å². The van der Waals surface area contributed by atoms with Gasteiger partial charge in [-0.05, 0) is 72.9 Å². The average molecular weight is 518 g/mol. The Labute approximate surface area is 219 Å². The van der Waals surface area contributed by atoms with E-state index in [1.165, 1.54) is 24.8 Å². The third kappa shape index (κ3) is 5.13. The number of likely N-dealkylation sites (tertiary alicyclic amines) is 1. The predicted octanol–water partition coefficient (Wildman–Crippen LogP) is 6.48. The maximum Gasteiger partial charge on any atom is 0.125 e. The van der Waals surface area contributed by atoms with Crippen molar-refractivity contribution in [2.45, 2.75) is 31.5 Å². The summed E-state index contributed by atoms with van der Waals surface area (Å²) < 4.78 is 32.0. The molecule has 5 rings (SSSR count). The molecule has 2 atom stereocenters. The van der Waals surface area contributed by atoms with Gasteiger partial charge in [-0.2, -0.15) is 5.26 Å². The first-order valence-corrected chi connectivity index (χ1v) is 12.5. The summed E-state index contributed by atoms with van der Waals surface area (Å²) in [6.45, 7) is 4.27. The second-order valence-electron chi connectivity index (χ2n) is 10.0. The van der Waals surface area contributed by atoms with Crippen LogP contribution >= 0.6 is 11.6 Å². The molecule has 1 aromatic heterocycles. The number of nitrogens with zero attached hydrogens (tertiary/aromatic N) is 5. The highest BCUT2D eigenvalue weighted by atomic mass is 35.5. The lowest BCUT2D eigenvalue weighted by Crippen LogP contribution is -2.53. The molecule has 2 heterocycles. The zero-order valence-electron chi connectivity index (χ0n) is 20.5. The normalized spacial score (nSPS) is 16.1. The largest absolute Gasteiger partial charge is 0.292 e. The smallest absolute Gasteiger partial charge is 0.125 e. The van der Waals surface area contributed by atoms with Crippen molar-refractivity contribution in [3.8, 4) is 11.8 Å². The summed E-state index contributed by atoms with van der Waals surface area (Å²) in [4.78, 5) is 2.24. The lowest BCUT2D eigenvalue weighted by atomic mass is 9.72. The SMILES string of the molecule is CC(C)(F)[C@H](c1cc(F)cc(-n2cnnc2)c1)C1CN([C@@H](c2cccc(C#N)c2)c2ccccc2Cl)C1. The minimum atomic E-state index is -1.59. The third-order valence-corrected chi connectivity index (χ3v) is 7.37. The molecule has 0 saturated carbocycles. The van der Waals surface area contributed by atoms with E-state index in [2.05, 4.69) is 21.2 Å². The van der Waals surface area contributed by atoms with Gasteiger partial charge in [0.15, 0.2) is 0 Å². The highest BCUT2D eigenvalue weighted by Crippen LogP contribution is 2.46. The molecule has 5 nitrogen and oxygen atoms in total. The number of halogens is 3. The Balaban J connectivity index is 1.48. The fraction of sp³-hybridized carbons (Fsp3) is 0.276. The van der Waals surface area contributed by atoms with Crippen molar-refractivity contribution >= 4 is 11.6 Å². The summed E-state index contributed by atoms with van der Waals surface area (Å²) in [7, 11) is 0. The number of rotatable bonds is 7. The molecule has 1 saturated heterocycles. The summed E-state index contributed by atoms with van der Waals surface area (Å²) >= 11 is 6.61. The lowest BCUT2D eigenvalue weighted by Gasteiger charge is -2.50. The Kier molecular flexibility index (Phi) is 6.80. The molecule has 188 valence electrons. The van der Waals surface area contributed by atoms with E-state index < -0.39 is 17.4 Å². The molecule has 0 bridgehead atoms. The quantitative estimate of drug-likeness (QED) is 0.281. The van der Waals surface area contributed by atoms with Crippen LogP contribution in [-0.4, -0.2) is 38.4 Å². The lowest BCUT2D eigenvalue weighted by molar-refractivity contribution is 0.00814. The van der Waals surface area contributed by atoms with Gasteiger partial charge in [0.1, 0.15) is 24.1 Å². The first-order chi connectivity index (χ1) is 17.7. The maximum absolute atomic E-state index is 15.7. The number of hydrogen-bond acceptors (Lipinski definition) is 4. The van der Waals surface area contributed by atoms with Crippen molar-refractivity contribution in [3.05, 3.63) is 112 Å². The van der Waals surface area contributed by atoms with Gasteiger partial charge in [-0.25, -0.2) is 8.78 Å². The number of hydrogen-bond donors (Lipinski definition) is 0. The Morgan fingerprint density at radius 3 is 2.41 bits per heavy atom. The number of aromatic nitrogens is 3. The van der Waals surface area contributed by atoms with Crippen molar-refractivity contribution in [1.29, 1.82) is 5.26 Å². The van der Waals surface area contributed by atoms with Gasteiger partial charge in [0, 0.05) is 24.0 Å². The molecule has 3 aromatic carbocycles. The van der Waals surface area contributed by atoms with Gasteiger partial charge >= 0.3 is 0 Å². The molecule has 8 heteroatoms. The fourth-order valence-corrected chi connectivity index (χ4v) is 5.76. The van der Waals surface area contributed by atoms with Crippen molar-refractivity contribution in [1.82, 2.24) is 19.7 Å². The second kappa shape index (κ2) is 10.0. The van der Waals surface area contributed by atoms with Gasteiger partial charge < -0.3 is 0 Å². The van der Waals surface area contributed by atoms with Crippen LogP contribution in [0.25, 0.3) is 5.69 Å². The van der Waals surface area contributed by atoms with Gasteiger partial charge in [0.25, 0.3) is 0 Å². The zero-order valence-corrected chi connectivity index (χ0v) is 21.3. The molecule has 0 spiro atoms. The number of alkyl halides is 1. The van der Waals surface area contributed by atoms with Crippen molar-refractivity contribution in [2.24, 2.45) is 5.92 Å². The van der Waals surface area contributed by atoms with Crippen molar-refractivity contribution in [2.75, 3.05) is 13.1 Å². The average Bonchev–Trinajstić information content (AvgIpc) is 3.38. The minimum Gasteiger partial charge on any atom is -0.292 e. The summed E-state index contributed by atoms with van der Waals surface area (Å²) in [5, 5.41) is 17.7. The maximum atomic E-state index is 15.7. The standard InChI is InChI=1S/C29H26ClF2N5/c1-29(2,32)27(21-11-23(31)13-24(12-21)37-17-34-35-18-37)22-15-36(16-22)28(25-8-3-4-9-26(25)30)20-7-5-6-19(10-20)14-33/h3-13,17-18,22,27-28H,15-16H2,1-2H3/t27-,28+/m1/s1. The van der Waals surface area contributed by atoms with Crippen LogP contribution < -0.4 is 0 Å². The minimum absolute atomic E-state index is 0.0558. The van der Waals surface area contributed by atoms with Gasteiger partial charge in [0.05, 0.1) is 23.4 Å². The van der Waals surface area contributed by atoms with Crippen LogP contribution in [0.2, 0.25) is 5.02 Å². The Hall–Kier alpha value is -3.60. The van der Waals surface area contributed by atoms with Crippen LogP contribution in [0.3, 0.4) is 0 Å². The van der Waals surface area contributed by atoms with Crippen molar-refractivity contribution < 1.29 is 8.78 Å². The summed E-state index contributed by atoms with van der Waals surface area (Å²) in [6, 6.07) is 21.8. The predicted molar refractivity (Wildman–Crippen MR) is 139 cm³/mol. The molecule has 0 N–H and O–H groups in total. The molecule has 1 aliphatic rings. The van der Waals surface area contributed by atoms with E-state index >= 15 is 4.39 Å². The third-order valence-electron chi connectivity index (χ3n) is 7.03. The molecule has 4 aromatic rings. The molecule has 37 heavy (non-hydrogen) atoms. The molecule has 0 aliphatic carbocycles. The van der Waals surface area contributed by atoms with E-state index in [0.29, 0.717) is 34.9 Å². The highest BCUT2D eigenvalue weighted by Gasteiger charge is 2.45. The second-order valence-corrected chi connectivity index (χ2v) is 10.4. The molecule has 1 fully saturated rings. The van der Waals surface area contributed by atoms with E-state index in [4.69, 9.17) is 11.6 Å². The first kappa shape index (κ1) is 25.1.